The fourth-order valence-corrected chi connectivity index (χ4v) is 2.59. The summed E-state index contributed by atoms with van der Waals surface area (Å²) in [6, 6.07) is 5.54. The first-order valence-electron chi connectivity index (χ1n) is 7.62. The molecule has 1 saturated heterocycles. The van der Waals surface area contributed by atoms with Gasteiger partial charge in [-0.05, 0) is 51.1 Å². The maximum Gasteiger partial charge on any atom is 0.340 e. The van der Waals surface area contributed by atoms with E-state index in [1.165, 1.54) is 25.9 Å². The number of nitrogen functional groups attached to an aromatic ring is 1. The topological polar surface area (TPSA) is 58.8 Å². The Morgan fingerprint density at radius 1 is 1.38 bits per heavy atom. The lowest BCUT2D eigenvalue weighted by Crippen LogP contribution is -2.31. The molecule has 0 spiro atoms. The van der Waals surface area contributed by atoms with Gasteiger partial charge in [0.25, 0.3) is 0 Å². The van der Waals surface area contributed by atoms with Gasteiger partial charge in [-0.25, -0.2) is 4.79 Å². The third-order valence-corrected chi connectivity index (χ3v) is 3.92. The molecule has 0 bridgehead atoms. The Balaban J connectivity index is 2.01. The number of carbonyl (C=O) groups is 1. The Morgan fingerprint density at radius 3 is 2.76 bits per heavy atom. The summed E-state index contributed by atoms with van der Waals surface area (Å²) in [5, 5.41) is 0. The van der Waals surface area contributed by atoms with E-state index in [-0.39, 0.29) is 5.97 Å². The van der Waals surface area contributed by atoms with Gasteiger partial charge in [-0.15, -0.1) is 0 Å². The highest BCUT2D eigenvalue weighted by molar-refractivity contribution is 5.96. The summed E-state index contributed by atoms with van der Waals surface area (Å²) >= 11 is 0. The highest BCUT2D eigenvalue weighted by Gasteiger charge is 2.15. The van der Waals surface area contributed by atoms with Crippen LogP contribution in [0.15, 0.2) is 18.2 Å². The van der Waals surface area contributed by atoms with Crippen molar-refractivity contribution in [1.29, 1.82) is 0 Å². The van der Waals surface area contributed by atoms with Gasteiger partial charge < -0.3 is 20.3 Å². The van der Waals surface area contributed by atoms with Gasteiger partial charge in [0.15, 0.2) is 0 Å². The number of likely N-dealkylation sites (tertiary alicyclic amines) is 1. The smallest absolute Gasteiger partial charge is 0.340 e. The predicted molar refractivity (Wildman–Crippen MR) is 85.8 cm³/mol. The molecule has 2 N–H and O–H groups in total. The summed E-state index contributed by atoms with van der Waals surface area (Å²) in [6.07, 6.45) is 2.61. The summed E-state index contributed by atoms with van der Waals surface area (Å²) in [4.78, 5) is 16.5. The van der Waals surface area contributed by atoms with Gasteiger partial charge in [0.05, 0.1) is 12.2 Å². The van der Waals surface area contributed by atoms with Gasteiger partial charge in [-0.2, -0.15) is 0 Å². The van der Waals surface area contributed by atoms with E-state index in [9.17, 15) is 4.79 Å². The zero-order valence-electron chi connectivity index (χ0n) is 13.0. The van der Waals surface area contributed by atoms with Crippen molar-refractivity contribution in [3.8, 4) is 0 Å². The number of anilines is 2. The van der Waals surface area contributed by atoms with E-state index in [2.05, 4.69) is 9.80 Å². The number of likely N-dealkylation sites (N-methyl/N-ethyl adjacent to an activating group) is 1. The first-order chi connectivity index (χ1) is 10.1. The van der Waals surface area contributed by atoms with E-state index < -0.39 is 0 Å². The summed E-state index contributed by atoms with van der Waals surface area (Å²) in [6.45, 7) is 6.53. The lowest BCUT2D eigenvalue weighted by Gasteiger charge is -2.23. The van der Waals surface area contributed by atoms with Crippen molar-refractivity contribution in [2.75, 3.05) is 50.5 Å². The van der Waals surface area contributed by atoms with Crippen LogP contribution < -0.4 is 10.6 Å². The molecule has 5 heteroatoms. The van der Waals surface area contributed by atoms with Crippen LogP contribution in [0, 0.1) is 0 Å². The molecular weight excluding hydrogens is 266 g/mol. The van der Waals surface area contributed by atoms with Crippen LogP contribution in [-0.4, -0.2) is 50.7 Å². The lowest BCUT2D eigenvalue weighted by atomic mass is 10.1. The Morgan fingerprint density at radius 2 is 2.10 bits per heavy atom. The molecule has 0 radical (unpaired) electrons. The largest absolute Gasteiger partial charge is 0.462 e. The van der Waals surface area contributed by atoms with Crippen LogP contribution >= 0.6 is 0 Å². The van der Waals surface area contributed by atoms with Gasteiger partial charge in [0, 0.05) is 31.5 Å². The molecule has 2 rings (SSSR count). The minimum Gasteiger partial charge on any atom is -0.462 e. The van der Waals surface area contributed by atoms with E-state index >= 15 is 0 Å². The normalized spacial score (nSPS) is 15.1. The number of nitrogens with two attached hydrogens (primary N) is 1. The Kier molecular flexibility index (Phi) is 5.44. The summed E-state index contributed by atoms with van der Waals surface area (Å²) < 4.78 is 5.04. The molecule has 0 aliphatic carbocycles. The number of esters is 1. The number of hydrogen-bond acceptors (Lipinski definition) is 5. The molecule has 0 saturated carbocycles. The van der Waals surface area contributed by atoms with Gasteiger partial charge in [0.1, 0.15) is 0 Å². The summed E-state index contributed by atoms with van der Waals surface area (Å²) in [5.41, 5.74) is 7.77. The monoisotopic (exact) mass is 291 g/mol. The van der Waals surface area contributed by atoms with Crippen LogP contribution in [-0.2, 0) is 4.74 Å². The molecular formula is C16H25N3O2. The third kappa shape index (κ3) is 4.11. The van der Waals surface area contributed by atoms with Gasteiger partial charge >= 0.3 is 5.97 Å². The van der Waals surface area contributed by atoms with E-state index in [1.807, 2.05) is 19.2 Å². The molecule has 21 heavy (non-hydrogen) atoms. The minimum atomic E-state index is -0.357. The van der Waals surface area contributed by atoms with E-state index in [0.29, 0.717) is 17.9 Å². The SMILES string of the molecule is CCOC(=O)c1cc(N(C)CCN2CCCC2)ccc1N. The number of ether oxygens (including phenoxy) is 1. The molecule has 1 aliphatic heterocycles. The molecule has 0 unspecified atom stereocenters. The fourth-order valence-electron chi connectivity index (χ4n) is 2.59. The van der Waals surface area contributed by atoms with Gasteiger partial charge in [-0.3, -0.25) is 0 Å². The first-order valence-corrected chi connectivity index (χ1v) is 7.62. The molecule has 1 aromatic carbocycles. The maximum atomic E-state index is 11.9. The molecule has 0 amide bonds. The second kappa shape index (κ2) is 7.31. The molecule has 0 atom stereocenters. The summed E-state index contributed by atoms with van der Waals surface area (Å²) in [7, 11) is 2.04. The van der Waals surface area contributed by atoms with Crippen molar-refractivity contribution < 1.29 is 9.53 Å². The molecule has 5 nitrogen and oxygen atoms in total. The average Bonchev–Trinajstić information content (AvgIpc) is 2.98. The zero-order chi connectivity index (χ0) is 15.2. The molecule has 1 aliphatic rings. The third-order valence-electron chi connectivity index (χ3n) is 3.92. The summed E-state index contributed by atoms with van der Waals surface area (Å²) in [5.74, 6) is -0.357. The standard InChI is InChI=1S/C16H25N3O2/c1-3-21-16(20)14-12-13(6-7-15(14)17)18(2)10-11-19-8-4-5-9-19/h6-7,12H,3-5,8-11,17H2,1-2H3. The molecule has 1 aromatic rings. The number of nitrogens with zero attached hydrogens (tertiary/aromatic N) is 2. The van der Waals surface area contributed by atoms with E-state index in [4.69, 9.17) is 10.5 Å². The fraction of sp³-hybridized carbons (Fsp3) is 0.562. The number of benzene rings is 1. The van der Waals surface area contributed by atoms with Crippen molar-refractivity contribution in [2.24, 2.45) is 0 Å². The van der Waals surface area contributed by atoms with E-state index in [1.54, 1.807) is 13.0 Å². The molecule has 1 fully saturated rings. The quantitative estimate of drug-likeness (QED) is 0.641. The van der Waals surface area contributed by atoms with Crippen LogP contribution in [0.1, 0.15) is 30.1 Å². The first kappa shape index (κ1) is 15.6. The minimum absolute atomic E-state index is 0.354. The number of rotatable bonds is 6. The van der Waals surface area contributed by atoms with Crippen LogP contribution in [0.4, 0.5) is 11.4 Å². The average molecular weight is 291 g/mol. The molecule has 0 aromatic heterocycles. The Labute approximate surface area is 126 Å². The van der Waals surface area contributed by atoms with Crippen molar-refractivity contribution in [2.45, 2.75) is 19.8 Å². The van der Waals surface area contributed by atoms with Crippen LogP contribution in [0.2, 0.25) is 0 Å². The second-order valence-corrected chi connectivity index (χ2v) is 5.46. The maximum absolute atomic E-state index is 11.9. The molecule has 116 valence electrons. The second-order valence-electron chi connectivity index (χ2n) is 5.46. The van der Waals surface area contributed by atoms with Gasteiger partial charge in [-0.1, -0.05) is 0 Å². The molecule has 1 heterocycles. The Bertz CT molecular complexity index is 484. The Hall–Kier alpha value is -1.75. The predicted octanol–water partition coefficient (Wildman–Crippen LogP) is 1.98. The van der Waals surface area contributed by atoms with Crippen molar-refractivity contribution in [1.82, 2.24) is 4.90 Å². The number of hydrogen-bond donors (Lipinski definition) is 1. The van der Waals surface area contributed by atoms with Crippen molar-refractivity contribution in [3.05, 3.63) is 23.8 Å². The zero-order valence-corrected chi connectivity index (χ0v) is 13.0. The van der Waals surface area contributed by atoms with Crippen molar-refractivity contribution >= 4 is 17.3 Å². The lowest BCUT2D eigenvalue weighted by molar-refractivity contribution is 0.0527. The number of carbonyl (C=O) groups excluding carboxylic acids is 1. The van der Waals surface area contributed by atoms with Crippen molar-refractivity contribution in [3.63, 3.8) is 0 Å². The van der Waals surface area contributed by atoms with Crippen LogP contribution in [0.25, 0.3) is 0 Å². The van der Waals surface area contributed by atoms with Gasteiger partial charge in [0.2, 0.25) is 0 Å². The highest BCUT2D eigenvalue weighted by atomic mass is 16.5. The van der Waals surface area contributed by atoms with Crippen LogP contribution in [0.5, 0.6) is 0 Å². The van der Waals surface area contributed by atoms with Crippen LogP contribution in [0.3, 0.4) is 0 Å². The van der Waals surface area contributed by atoms with E-state index in [0.717, 1.165) is 18.8 Å². The highest BCUT2D eigenvalue weighted by Crippen LogP contribution is 2.21.